The van der Waals surface area contributed by atoms with Gasteiger partial charge in [0.05, 0.1) is 12.6 Å². The number of amides is 2. The number of rotatable bonds is 4. The minimum absolute atomic E-state index is 0.00941. The summed E-state index contributed by atoms with van der Waals surface area (Å²) in [6, 6.07) is 9.43. The zero-order valence-corrected chi connectivity index (χ0v) is 13.8. The number of anilines is 1. The lowest BCUT2D eigenvalue weighted by Gasteiger charge is -2.35. The smallest absolute Gasteiger partial charge is 0.240 e. The fraction of sp³-hybridized carbons (Fsp3) is 0.500. The fourth-order valence-corrected chi connectivity index (χ4v) is 3.76. The van der Waals surface area contributed by atoms with E-state index >= 15 is 0 Å². The van der Waals surface area contributed by atoms with Crippen LogP contribution in [0.15, 0.2) is 30.3 Å². The molecule has 2 aliphatic rings. The van der Waals surface area contributed by atoms with E-state index in [1.807, 2.05) is 35.2 Å². The van der Waals surface area contributed by atoms with Crippen molar-refractivity contribution < 1.29 is 9.59 Å². The Labute approximate surface area is 140 Å². The van der Waals surface area contributed by atoms with Gasteiger partial charge in [0.25, 0.3) is 0 Å². The average molecular weight is 334 g/mol. The monoisotopic (exact) mass is 334 g/mol. The van der Waals surface area contributed by atoms with Crippen molar-refractivity contribution in [3.05, 3.63) is 30.3 Å². The van der Waals surface area contributed by atoms with Crippen LogP contribution < -0.4 is 10.6 Å². The van der Waals surface area contributed by atoms with Crippen LogP contribution in [0.4, 0.5) is 5.69 Å². The van der Waals surface area contributed by atoms with Gasteiger partial charge in [0.1, 0.15) is 0 Å². The number of carbonyl (C=O) groups is 2. The second kappa shape index (κ2) is 7.81. The first-order chi connectivity index (χ1) is 11.2. The number of carbonyl (C=O) groups excluding carboxylic acids is 2. The Morgan fingerprint density at radius 3 is 2.57 bits per heavy atom. The second-order valence-electron chi connectivity index (χ2n) is 5.79. The molecule has 2 aliphatic heterocycles. The number of nitrogens with zero attached hydrogens (tertiary/aromatic N) is 2. The van der Waals surface area contributed by atoms with E-state index in [2.05, 4.69) is 15.5 Å². The third kappa shape index (κ3) is 4.46. The number of thioether (sulfide) groups is 1. The summed E-state index contributed by atoms with van der Waals surface area (Å²) in [6.07, 6.45) is 0. The summed E-state index contributed by atoms with van der Waals surface area (Å²) in [5.74, 6) is 1.90. The Morgan fingerprint density at radius 1 is 1.17 bits per heavy atom. The minimum Gasteiger partial charge on any atom is -0.339 e. The maximum atomic E-state index is 12.3. The third-order valence-electron chi connectivity index (χ3n) is 4.12. The number of hydrogen-bond acceptors (Lipinski definition) is 5. The molecular formula is C16H22N4O2S. The predicted molar refractivity (Wildman–Crippen MR) is 92.3 cm³/mol. The van der Waals surface area contributed by atoms with Gasteiger partial charge in [0, 0.05) is 43.5 Å². The molecule has 23 heavy (non-hydrogen) atoms. The molecule has 2 N–H and O–H groups in total. The third-order valence-corrected chi connectivity index (χ3v) is 5.06. The fourth-order valence-electron chi connectivity index (χ4n) is 2.83. The van der Waals surface area contributed by atoms with E-state index in [9.17, 15) is 9.59 Å². The lowest BCUT2D eigenvalue weighted by Crippen LogP contribution is -2.54. The van der Waals surface area contributed by atoms with E-state index in [0.717, 1.165) is 30.4 Å². The van der Waals surface area contributed by atoms with Gasteiger partial charge in [-0.1, -0.05) is 18.2 Å². The standard InChI is InChI=1S/C16H22N4O2S/c21-15(18-13-4-2-1-3-5-13)10-19-6-8-20(9-7-19)16(22)14-11-23-12-17-14/h1-5,14,17H,6-12H2,(H,18,21). The molecule has 0 aliphatic carbocycles. The first-order valence-electron chi connectivity index (χ1n) is 7.89. The van der Waals surface area contributed by atoms with E-state index in [1.165, 1.54) is 0 Å². The van der Waals surface area contributed by atoms with Gasteiger partial charge >= 0.3 is 0 Å². The number of nitrogens with one attached hydrogen (secondary N) is 2. The molecule has 0 spiro atoms. The Kier molecular flexibility index (Phi) is 5.53. The maximum Gasteiger partial charge on any atom is 0.240 e. The van der Waals surface area contributed by atoms with E-state index in [-0.39, 0.29) is 17.9 Å². The zero-order chi connectivity index (χ0) is 16.1. The predicted octanol–water partition coefficient (Wildman–Crippen LogP) is 0.432. The highest BCUT2D eigenvalue weighted by Gasteiger charge is 2.29. The summed E-state index contributed by atoms with van der Waals surface area (Å²) in [4.78, 5) is 28.4. The van der Waals surface area contributed by atoms with Crippen LogP contribution in [-0.2, 0) is 9.59 Å². The lowest BCUT2D eigenvalue weighted by molar-refractivity contribution is -0.134. The number of para-hydroxylation sites is 1. The Bertz CT molecular complexity index is 540. The van der Waals surface area contributed by atoms with E-state index in [0.29, 0.717) is 19.6 Å². The topological polar surface area (TPSA) is 64.7 Å². The van der Waals surface area contributed by atoms with Crippen molar-refractivity contribution in [1.82, 2.24) is 15.1 Å². The summed E-state index contributed by atoms with van der Waals surface area (Å²) < 4.78 is 0. The molecule has 0 saturated carbocycles. The first kappa shape index (κ1) is 16.3. The van der Waals surface area contributed by atoms with Crippen molar-refractivity contribution in [2.24, 2.45) is 0 Å². The molecular weight excluding hydrogens is 312 g/mol. The molecule has 124 valence electrons. The summed E-state index contributed by atoms with van der Waals surface area (Å²) in [5.41, 5.74) is 0.816. The largest absolute Gasteiger partial charge is 0.339 e. The molecule has 1 atom stereocenters. The van der Waals surface area contributed by atoms with Crippen LogP contribution in [-0.4, -0.2) is 72.0 Å². The molecule has 2 amide bonds. The second-order valence-corrected chi connectivity index (χ2v) is 6.82. The van der Waals surface area contributed by atoms with Crippen molar-refractivity contribution in [1.29, 1.82) is 0 Å². The molecule has 1 aromatic carbocycles. The molecule has 0 bridgehead atoms. The Hall–Kier alpha value is -1.57. The van der Waals surface area contributed by atoms with Gasteiger partial charge in [0.15, 0.2) is 0 Å². The molecule has 2 heterocycles. The van der Waals surface area contributed by atoms with Gasteiger partial charge < -0.3 is 10.2 Å². The molecule has 1 unspecified atom stereocenters. The molecule has 3 rings (SSSR count). The van der Waals surface area contributed by atoms with Crippen LogP contribution in [0.5, 0.6) is 0 Å². The molecule has 0 radical (unpaired) electrons. The van der Waals surface area contributed by atoms with Gasteiger partial charge in [-0.25, -0.2) is 0 Å². The number of benzene rings is 1. The lowest BCUT2D eigenvalue weighted by atomic mass is 10.2. The summed E-state index contributed by atoms with van der Waals surface area (Å²) >= 11 is 1.76. The molecule has 2 fully saturated rings. The van der Waals surface area contributed by atoms with Gasteiger partial charge in [-0.15, -0.1) is 11.8 Å². The minimum atomic E-state index is -0.0343. The highest BCUT2D eigenvalue weighted by Crippen LogP contribution is 2.13. The summed E-state index contributed by atoms with van der Waals surface area (Å²) in [7, 11) is 0. The van der Waals surface area contributed by atoms with Crippen molar-refractivity contribution in [3.8, 4) is 0 Å². The molecule has 2 saturated heterocycles. The normalized spacial score (nSPS) is 22.1. The van der Waals surface area contributed by atoms with Gasteiger partial charge in [-0.2, -0.15) is 0 Å². The number of piperazine rings is 1. The average Bonchev–Trinajstić information content (AvgIpc) is 3.10. The number of hydrogen-bond donors (Lipinski definition) is 2. The van der Waals surface area contributed by atoms with E-state index in [4.69, 9.17) is 0 Å². The maximum absolute atomic E-state index is 12.3. The molecule has 0 aromatic heterocycles. The van der Waals surface area contributed by atoms with Crippen molar-refractivity contribution >= 4 is 29.3 Å². The Balaban J connectivity index is 1.42. The molecule has 1 aromatic rings. The van der Waals surface area contributed by atoms with Crippen LogP contribution in [0.3, 0.4) is 0 Å². The zero-order valence-electron chi connectivity index (χ0n) is 13.0. The molecule has 7 heteroatoms. The van der Waals surface area contributed by atoms with Crippen molar-refractivity contribution in [2.45, 2.75) is 6.04 Å². The highest BCUT2D eigenvalue weighted by atomic mass is 32.2. The van der Waals surface area contributed by atoms with Crippen LogP contribution in [0, 0.1) is 0 Å². The van der Waals surface area contributed by atoms with Gasteiger partial charge in [-0.3, -0.25) is 19.8 Å². The summed E-state index contributed by atoms with van der Waals surface area (Å²) in [5, 5.41) is 6.11. The van der Waals surface area contributed by atoms with Crippen molar-refractivity contribution in [3.63, 3.8) is 0 Å². The quantitative estimate of drug-likeness (QED) is 0.836. The van der Waals surface area contributed by atoms with Crippen LogP contribution in [0.1, 0.15) is 0 Å². The first-order valence-corrected chi connectivity index (χ1v) is 9.05. The Morgan fingerprint density at radius 2 is 1.91 bits per heavy atom. The molecule has 6 nitrogen and oxygen atoms in total. The van der Waals surface area contributed by atoms with Gasteiger partial charge in [-0.05, 0) is 12.1 Å². The van der Waals surface area contributed by atoms with E-state index < -0.39 is 0 Å². The highest BCUT2D eigenvalue weighted by molar-refractivity contribution is 7.99. The summed E-state index contributed by atoms with van der Waals surface area (Å²) in [6.45, 7) is 3.25. The SMILES string of the molecule is O=C(CN1CCN(C(=O)C2CSCN2)CC1)Nc1ccccc1. The van der Waals surface area contributed by atoms with Crippen LogP contribution in [0.2, 0.25) is 0 Å². The van der Waals surface area contributed by atoms with E-state index in [1.54, 1.807) is 11.8 Å². The van der Waals surface area contributed by atoms with Crippen LogP contribution >= 0.6 is 11.8 Å². The van der Waals surface area contributed by atoms with Crippen molar-refractivity contribution in [2.75, 3.05) is 49.7 Å². The van der Waals surface area contributed by atoms with Gasteiger partial charge in [0.2, 0.25) is 11.8 Å². The van der Waals surface area contributed by atoms with Crippen LogP contribution in [0.25, 0.3) is 0 Å².